The lowest BCUT2D eigenvalue weighted by Gasteiger charge is -2.11. The summed E-state index contributed by atoms with van der Waals surface area (Å²) in [5, 5.41) is 7.88. The summed E-state index contributed by atoms with van der Waals surface area (Å²) in [5.41, 5.74) is 1.99. The predicted octanol–water partition coefficient (Wildman–Crippen LogP) is 0.984. The van der Waals surface area contributed by atoms with Gasteiger partial charge in [-0.3, -0.25) is 0 Å². The number of aryl methyl sites for hydroxylation is 1. The van der Waals surface area contributed by atoms with Gasteiger partial charge in [0.15, 0.2) is 0 Å². The molecule has 7 nitrogen and oxygen atoms in total. The summed E-state index contributed by atoms with van der Waals surface area (Å²) >= 11 is 0. The molecule has 0 aliphatic rings. The standard InChI is InChI=1S/C13H18N4O3S/c1-10-4-6-11(7-5-10)13-16-15-12(20-13)8-9-14-21(18,19)17(2)3/h4-7,14H,8-9H2,1-3H3. The molecule has 1 N–H and O–H groups in total. The maximum absolute atomic E-state index is 11.5. The van der Waals surface area contributed by atoms with E-state index in [1.807, 2.05) is 31.2 Å². The Hall–Kier alpha value is -1.77. The van der Waals surface area contributed by atoms with Crippen LogP contribution in [0.2, 0.25) is 0 Å². The smallest absolute Gasteiger partial charge is 0.278 e. The Morgan fingerprint density at radius 2 is 1.86 bits per heavy atom. The Labute approximate surface area is 124 Å². The summed E-state index contributed by atoms with van der Waals surface area (Å²) in [6, 6.07) is 7.73. The minimum absolute atomic E-state index is 0.204. The van der Waals surface area contributed by atoms with Gasteiger partial charge in [0.2, 0.25) is 11.8 Å². The zero-order valence-corrected chi connectivity index (χ0v) is 13.0. The number of rotatable bonds is 6. The normalized spacial score (nSPS) is 12.0. The summed E-state index contributed by atoms with van der Waals surface area (Å²) in [6.07, 6.45) is 0.339. The van der Waals surface area contributed by atoms with Gasteiger partial charge < -0.3 is 4.42 Å². The number of hydrogen-bond acceptors (Lipinski definition) is 5. The van der Waals surface area contributed by atoms with E-state index in [9.17, 15) is 8.42 Å². The highest BCUT2D eigenvalue weighted by molar-refractivity contribution is 7.87. The molecular weight excluding hydrogens is 292 g/mol. The summed E-state index contributed by atoms with van der Waals surface area (Å²) in [7, 11) is -0.499. The van der Waals surface area contributed by atoms with Gasteiger partial charge in [-0.25, -0.2) is 4.72 Å². The van der Waals surface area contributed by atoms with Crippen molar-refractivity contribution in [2.24, 2.45) is 0 Å². The third kappa shape index (κ3) is 4.10. The van der Waals surface area contributed by atoms with Crippen molar-refractivity contribution < 1.29 is 12.8 Å². The quantitative estimate of drug-likeness (QED) is 0.859. The molecule has 0 amide bonds. The fourth-order valence-corrected chi connectivity index (χ4v) is 2.20. The monoisotopic (exact) mass is 310 g/mol. The van der Waals surface area contributed by atoms with Crippen LogP contribution in [-0.2, 0) is 16.6 Å². The number of aromatic nitrogens is 2. The van der Waals surface area contributed by atoms with Crippen LogP contribution in [0, 0.1) is 6.92 Å². The molecule has 0 aliphatic heterocycles. The van der Waals surface area contributed by atoms with Gasteiger partial charge in [-0.1, -0.05) is 17.7 Å². The highest BCUT2D eigenvalue weighted by Gasteiger charge is 2.13. The van der Waals surface area contributed by atoms with Gasteiger partial charge in [0.1, 0.15) is 0 Å². The average Bonchev–Trinajstić information content (AvgIpc) is 2.88. The highest BCUT2D eigenvalue weighted by atomic mass is 32.2. The molecule has 1 aromatic carbocycles. The van der Waals surface area contributed by atoms with Crippen molar-refractivity contribution >= 4 is 10.2 Å². The van der Waals surface area contributed by atoms with Crippen molar-refractivity contribution in [1.29, 1.82) is 0 Å². The highest BCUT2D eigenvalue weighted by Crippen LogP contribution is 2.18. The van der Waals surface area contributed by atoms with Gasteiger partial charge >= 0.3 is 0 Å². The van der Waals surface area contributed by atoms with Crippen molar-refractivity contribution in [2.45, 2.75) is 13.3 Å². The lowest BCUT2D eigenvalue weighted by Crippen LogP contribution is -2.36. The van der Waals surface area contributed by atoms with Crippen LogP contribution in [0.1, 0.15) is 11.5 Å². The maximum atomic E-state index is 11.5. The van der Waals surface area contributed by atoms with Crippen LogP contribution in [0.3, 0.4) is 0 Å². The Morgan fingerprint density at radius 3 is 2.48 bits per heavy atom. The molecule has 1 heterocycles. The number of benzene rings is 1. The van der Waals surface area contributed by atoms with E-state index in [-0.39, 0.29) is 6.54 Å². The molecule has 0 saturated heterocycles. The number of hydrogen-bond donors (Lipinski definition) is 1. The lowest BCUT2D eigenvalue weighted by molar-refractivity contribution is 0.488. The molecule has 2 rings (SSSR count). The van der Waals surface area contributed by atoms with Gasteiger partial charge in [-0.15, -0.1) is 10.2 Å². The summed E-state index contributed by atoms with van der Waals surface area (Å²) in [4.78, 5) is 0. The molecule has 21 heavy (non-hydrogen) atoms. The first-order chi connectivity index (χ1) is 9.88. The van der Waals surface area contributed by atoms with Crippen LogP contribution in [0.15, 0.2) is 28.7 Å². The van der Waals surface area contributed by atoms with E-state index in [2.05, 4.69) is 14.9 Å². The summed E-state index contributed by atoms with van der Waals surface area (Å²) in [6.45, 7) is 2.20. The zero-order valence-electron chi connectivity index (χ0n) is 12.2. The van der Waals surface area contributed by atoms with E-state index < -0.39 is 10.2 Å². The second-order valence-corrected chi connectivity index (χ2v) is 6.77. The van der Waals surface area contributed by atoms with E-state index in [4.69, 9.17) is 4.42 Å². The van der Waals surface area contributed by atoms with Crippen LogP contribution < -0.4 is 4.72 Å². The Morgan fingerprint density at radius 1 is 1.19 bits per heavy atom. The molecular formula is C13H18N4O3S. The van der Waals surface area contributed by atoms with Gasteiger partial charge in [-0.05, 0) is 19.1 Å². The molecule has 0 spiro atoms. The van der Waals surface area contributed by atoms with Crippen LogP contribution >= 0.6 is 0 Å². The van der Waals surface area contributed by atoms with Crippen molar-refractivity contribution in [3.63, 3.8) is 0 Å². The molecule has 0 saturated carbocycles. The van der Waals surface area contributed by atoms with Gasteiger partial charge in [0, 0.05) is 32.6 Å². The van der Waals surface area contributed by atoms with Crippen LogP contribution in [-0.4, -0.2) is 43.6 Å². The first kappa shape index (κ1) is 15.6. The van der Waals surface area contributed by atoms with Crippen molar-refractivity contribution in [3.8, 4) is 11.5 Å². The fraction of sp³-hybridized carbons (Fsp3) is 0.385. The molecule has 8 heteroatoms. The first-order valence-corrected chi connectivity index (χ1v) is 7.89. The Kier molecular flexibility index (Phi) is 4.71. The minimum Gasteiger partial charge on any atom is -0.421 e. The van der Waals surface area contributed by atoms with E-state index in [0.717, 1.165) is 15.4 Å². The number of nitrogens with zero attached hydrogens (tertiary/aromatic N) is 3. The van der Waals surface area contributed by atoms with Crippen LogP contribution in [0.25, 0.3) is 11.5 Å². The molecule has 2 aromatic rings. The maximum Gasteiger partial charge on any atom is 0.278 e. The van der Waals surface area contributed by atoms with Crippen molar-refractivity contribution in [1.82, 2.24) is 19.2 Å². The predicted molar refractivity (Wildman–Crippen MR) is 78.8 cm³/mol. The molecule has 0 atom stereocenters. The topological polar surface area (TPSA) is 88.3 Å². The van der Waals surface area contributed by atoms with Gasteiger partial charge in [0.05, 0.1) is 0 Å². The van der Waals surface area contributed by atoms with Gasteiger partial charge in [-0.2, -0.15) is 12.7 Å². The zero-order chi connectivity index (χ0) is 15.5. The lowest BCUT2D eigenvalue weighted by atomic mass is 10.1. The SMILES string of the molecule is Cc1ccc(-c2nnc(CCNS(=O)(=O)N(C)C)o2)cc1. The van der Waals surface area contributed by atoms with E-state index in [0.29, 0.717) is 18.2 Å². The number of nitrogens with one attached hydrogen (secondary N) is 1. The fourth-order valence-electron chi connectivity index (χ4n) is 1.58. The van der Waals surface area contributed by atoms with E-state index in [1.54, 1.807) is 0 Å². The third-order valence-corrected chi connectivity index (χ3v) is 4.40. The van der Waals surface area contributed by atoms with Crippen LogP contribution in [0.5, 0.6) is 0 Å². The summed E-state index contributed by atoms with van der Waals surface area (Å²) < 4.78 is 32.1. The van der Waals surface area contributed by atoms with E-state index in [1.165, 1.54) is 14.1 Å². The first-order valence-electron chi connectivity index (χ1n) is 6.45. The van der Waals surface area contributed by atoms with E-state index >= 15 is 0 Å². The third-order valence-electron chi connectivity index (χ3n) is 2.87. The molecule has 0 fully saturated rings. The molecule has 0 bridgehead atoms. The Balaban J connectivity index is 1.96. The molecule has 114 valence electrons. The van der Waals surface area contributed by atoms with Crippen molar-refractivity contribution in [2.75, 3.05) is 20.6 Å². The second kappa shape index (κ2) is 6.33. The van der Waals surface area contributed by atoms with Crippen LogP contribution in [0.4, 0.5) is 0 Å². The molecule has 0 aliphatic carbocycles. The molecule has 0 radical (unpaired) electrons. The van der Waals surface area contributed by atoms with Crippen molar-refractivity contribution in [3.05, 3.63) is 35.7 Å². The molecule has 0 unspecified atom stereocenters. The minimum atomic E-state index is -3.42. The largest absolute Gasteiger partial charge is 0.421 e. The second-order valence-electron chi connectivity index (χ2n) is 4.80. The molecule has 1 aromatic heterocycles. The summed E-state index contributed by atoms with van der Waals surface area (Å²) in [5.74, 6) is 0.826. The average molecular weight is 310 g/mol. The van der Waals surface area contributed by atoms with Gasteiger partial charge in [0.25, 0.3) is 10.2 Å². The Bertz CT molecular complexity index is 692.